The summed E-state index contributed by atoms with van der Waals surface area (Å²) in [7, 11) is 1.55. The van der Waals surface area contributed by atoms with E-state index in [1.165, 1.54) is 11.3 Å². The largest absolute Gasteiger partial charge is 0.495 e. The van der Waals surface area contributed by atoms with Gasteiger partial charge in [0.15, 0.2) is 0 Å². The standard InChI is InChI=1S/C21H23N3O3S2/c1-3-9-24(12-19(25)23-17-6-4-5-7-18(17)27-2)20(26)11-16-14-29-21(22-16)15-8-10-28-13-15/h4-8,10,13-14H,3,9,11-12H2,1-2H3,(H,23,25). The summed E-state index contributed by atoms with van der Waals surface area (Å²) < 4.78 is 5.26. The zero-order valence-corrected chi connectivity index (χ0v) is 18.0. The molecule has 0 fully saturated rings. The molecule has 0 bridgehead atoms. The van der Waals surface area contributed by atoms with E-state index in [1.54, 1.807) is 35.5 Å². The number of hydrogen-bond acceptors (Lipinski definition) is 6. The molecule has 0 aliphatic carbocycles. The lowest BCUT2D eigenvalue weighted by Gasteiger charge is -2.21. The number of rotatable bonds is 9. The fourth-order valence-electron chi connectivity index (χ4n) is 2.85. The molecule has 0 atom stereocenters. The van der Waals surface area contributed by atoms with Crippen molar-refractivity contribution in [2.24, 2.45) is 0 Å². The van der Waals surface area contributed by atoms with Crippen molar-refractivity contribution >= 4 is 40.2 Å². The Balaban J connectivity index is 1.62. The lowest BCUT2D eigenvalue weighted by molar-refractivity contribution is -0.134. The van der Waals surface area contributed by atoms with Crippen molar-refractivity contribution in [2.45, 2.75) is 19.8 Å². The Kier molecular flexibility index (Phi) is 7.37. The fraction of sp³-hybridized carbons (Fsp3) is 0.286. The van der Waals surface area contributed by atoms with Gasteiger partial charge in [-0.2, -0.15) is 11.3 Å². The summed E-state index contributed by atoms with van der Waals surface area (Å²) >= 11 is 3.14. The zero-order valence-electron chi connectivity index (χ0n) is 16.4. The highest BCUT2D eigenvalue weighted by Crippen LogP contribution is 2.26. The van der Waals surface area contributed by atoms with Gasteiger partial charge in [0.2, 0.25) is 11.8 Å². The number of ether oxygens (including phenoxy) is 1. The van der Waals surface area contributed by atoms with Gasteiger partial charge < -0.3 is 15.0 Å². The second kappa shape index (κ2) is 10.2. The molecule has 0 saturated carbocycles. The molecule has 0 saturated heterocycles. The lowest BCUT2D eigenvalue weighted by Crippen LogP contribution is -2.39. The molecule has 0 radical (unpaired) electrons. The second-order valence-electron chi connectivity index (χ2n) is 6.40. The number of carbonyl (C=O) groups is 2. The lowest BCUT2D eigenvalue weighted by atomic mass is 10.2. The Morgan fingerprint density at radius 1 is 1.21 bits per heavy atom. The third-order valence-electron chi connectivity index (χ3n) is 4.21. The topological polar surface area (TPSA) is 71.5 Å². The summed E-state index contributed by atoms with van der Waals surface area (Å²) in [5, 5.41) is 9.68. The molecular weight excluding hydrogens is 406 g/mol. The first-order valence-electron chi connectivity index (χ1n) is 9.28. The van der Waals surface area contributed by atoms with Crippen LogP contribution >= 0.6 is 22.7 Å². The van der Waals surface area contributed by atoms with Crippen molar-refractivity contribution in [1.29, 1.82) is 0 Å². The van der Waals surface area contributed by atoms with Gasteiger partial charge in [-0.3, -0.25) is 9.59 Å². The number of thiazole rings is 1. The first kappa shape index (κ1) is 21.0. The molecule has 0 unspecified atom stereocenters. The third-order valence-corrected chi connectivity index (χ3v) is 5.84. The average Bonchev–Trinajstić information content (AvgIpc) is 3.40. The Morgan fingerprint density at radius 2 is 2.03 bits per heavy atom. The summed E-state index contributed by atoms with van der Waals surface area (Å²) in [6, 6.07) is 9.21. The van der Waals surface area contributed by atoms with E-state index in [0.717, 1.165) is 22.7 Å². The Hall–Kier alpha value is -2.71. The molecule has 0 aliphatic rings. The normalized spacial score (nSPS) is 10.6. The van der Waals surface area contributed by atoms with E-state index >= 15 is 0 Å². The van der Waals surface area contributed by atoms with Crippen molar-refractivity contribution in [3.63, 3.8) is 0 Å². The first-order chi connectivity index (χ1) is 14.1. The average molecular weight is 430 g/mol. The molecule has 2 amide bonds. The number of aromatic nitrogens is 1. The van der Waals surface area contributed by atoms with Crippen LogP contribution in [0.25, 0.3) is 10.6 Å². The van der Waals surface area contributed by atoms with Crippen LogP contribution < -0.4 is 10.1 Å². The van der Waals surface area contributed by atoms with Gasteiger partial charge in [0.25, 0.3) is 0 Å². The van der Waals surface area contributed by atoms with Crippen LogP contribution in [-0.4, -0.2) is 41.9 Å². The van der Waals surface area contributed by atoms with Gasteiger partial charge >= 0.3 is 0 Å². The molecule has 0 spiro atoms. The molecule has 1 aromatic carbocycles. The second-order valence-corrected chi connectivity index (χ2v) is 8.03. The number of benzene rings is 1. The van der Waals surface area contributed by atoms with Crippen molar-refractivity contribution < 1.29 is 14.3 Å². The number of methoxy groups -OCH3 is 1. The summed E-state index contributed by atoms with van der Waals surface area (Å²) in [6.07, 6.45) is 0.952. The van der Waals surface area contributed by atoms with Gasteiger partial charge in [-0.1, -0.05) is 19.1 Å². The molecule has 29 heavy (non-hydrogen) atoms. The molecule has 0 aliphatic heterocycles. The van der Waals surface area contributed by atoms with Crippen LogP contribution in [0.15, 0.2) is 46.5 Å². The molecule has 3 aromatic rings. The summed E-state index contributed by atoms with van der Waals surface area (Å²) in [4.78, 5) is 31.4. The van der Waals surface area contributed by atoms with Gasteiger partial charge in [-0.25, -0.2) is 4.98 Å². The number of para-hydroxylation sites is 2. The van der Waals surface area contributed by atoms with Gasteiger partial charge in [-0.05, 0) is 30.0 Å². The number of amides is 2. The monoisotopic (exact) mass is 429 g/mol. The van der Waals surface area contributed by atoms with Gasteiger partial charge in [-0.15, -0.1) is 11.3 Å². The molecular formula is C21H23N3O3S2. The number of anilines is 1. The van der Waals surface area contributed by atoms with Gasteiger partial charge in [0.05, 0.1) is 31.5 Å². The minimum atomic E-state index is -0.256. The van der Waals surface area contributed by atoms with Crippen LogP contribution in [0.1, 0.15) is 19.0 Å². The van der Waals surface area contributed by atoms with Gasteiger partial charge in [0, 0.05) is 22.9 Å². The summed E-state index contributed by atoms with van der Waals surface area (Å²) in [5.74, 6) is 0.218. The van der Waals surface area contributed by atoms with Crippen LogP contribution in [0.4, 0.5) is 5.69 Å². The van der Waals surface area contributed by atoms with Crippen LogP contribution in [0, 0.1) is 0 Å². The Morgan fingerprint density at radius 3 is 2.76 bits per heavy atom. The maximum absolute atomic E-state index is 12.8. The predicted octanol–water partition coefficient (Wildman–Crippen LogP) is 4.30. The van der Waals surface area contributed by atoms with E-state index in [9.17, 15) is 9.59 Å². The number of nitrogens with one attached hydrogen (secondary N) is 1. The van der Waals surface area contributed by atoms with Crippen LogP contribution in [-0.2, 0) is 16.0 Å². The van der Waals surface area contributed by atoms with Crippen molar-refractivity contribution in [3.8, 4) is 16.3 Å². The fourth-order valence-corrected chi connectivity index (χ4v) is 4.38. The van der Waals surface area contributed by atoms with Crippen molar-refractivity contribution in [3.05, 3.63) is 52.2 Å². The molecule has 1 N–H and O–H groups in total. The quantitative estimate of drug-likeness (QED) is 0.550. The number of hydrogen-bond donors (Lipinski definition) is 1. The predicted molar refractivity (Wildman–Crippen MR) is 118 cm³/mol. The Labute approximate surface area is 178 Å². The maximum Gasteiger partial charge on any atom is 0.244 e. The maximum atomic E-state index is 12.8. The molecule has 2 heterocycles. The number of thiophene rings is 1. The van der Waals surface area contributed by atoms with E-state index in [1.807, 2.05) is 41.3 Å². The Bertz CT molecular complexity index is 954. The van der Waals surface area contributed by atoms with Crippen molar-refractivity contribution in [2.75, 3.05) is 25.5 Å². The molecule has 3 rings (SSSR count). The van der Waals surface area contributed by atoms with Crippen molar-refractivity contribution in [1.82, 2.24) is 9.88 Å². The highest BCUT2D eigenvalue weighted by molar-refractivity contribution is 7.14. The van der Waals surface area contributed by atoms with E-state index < -0.39 is 0 Å². The summed E-state index contributed by atoms with van der Waals surface area (Å²) in [5.41, 5.74) is 2.39. The van der Waals surface area contributed by atoms with E-state index in [-0.39, 0.29) is 24.8 Å². The van der Waals surface area contributed by atoms with E-state index in [0.29, 0.717) is 18.0 Å². The smallest absolute Gasteiger partial charge is 0.244 e. The van der Waals surface area contributed by atoms with Crippen LogP contribution in [0.3, 0.4) is 0 Å². The van der Waals surface area contributed by atoms with Crippen LogP contribution in [0.2, 0.25) is 0 Å². The molecule has 6 nitrogen and oxygen atoms in total. The van der Waals surface area contributed by atoms with E-state index in [4.69, 9.17) is 4.74 Å². The highest BCUT2D eigenvalue weighted by Gasteiger charge is 2.19. The number of nitrogens with zero attached hydrogens (tertiary/aromatic N) is 2. The van der Waals surface area contributed by atoms with Gasteiger partial charge in [0.1, 0.15) is 10.8 Å². The third kappa shape index (κ3) is 5.65. The first-order valence-corrected chi connectivity index (χ1v) is 11.1. The molecule has 152 valence electrons. The molecule has 2 aromatic heterocycles. The molecule has 8 heteroatoms. The van der Waals surface area contributed by atoms with E-state index in [2.05, 4.69) is 10.3 Å². The SMILES string of the molecule is CCCN(CC(=O)Nc1ccccc1OC)C(=O)Cc1csc(-c2ccsc2)n1. The zero-order chi connectivity index (χ0) is 20.6. The summed E-state index contributed by atoms with van der Waals surface area (Å²) in [6.45, 7) is 2.49. The van der Waals surface area contributed by atoms with Crippen LogP contribution in [0.5, 0.6) is 5.75 Å². The highest BCUT2D eigenvalue weighted by atomic mass is 32.1. The minimum Gasteiger partial charge on any atom is -0.495 e. The number of carbonyl (C=O) groups excluding carboxylic acids is 2. The minimum absolute atomic E-state index is 0.00769.